The monoisotopic (exact) mass is 598 g/mol. The normalized spacial score (nSPS) is 23.2. The highest BCUT2D eigenvalue weighted by molar-refractivity contribution is 5.50. The van der Waals surface area contributed by atoms with Crippen molar-refractivity contribution in [1.29, 1.82) is 0 Å². The van der Waals surface area contributed by atoms with Crippen LogP contribution in [0.5, 0.6) is 0 Å². The van der Waals surface area contributed by atoms with Crippen molar-refractivity contribution in [3.63, 3.8) is 0 Å². The standard InChI is InChI=1S/C31H58N12/c1-23(18-37-32)13-14-29(2,3)20-39-40-22-31(17-27(42-35)16-30(4,19-31)21-38-33)43(36)28-11-7-25(8-12-28)15-24-5-9-26(41-34)10-6-24/h5-12,23,27,37-42H,13-22,32-36H2,1-4H3. The Balaban J connectivity index is 1.75. The second-order valence-electron chi connectivity index (χ2n) is 13.8. The first-order valence-electron chi connectivity index (χ1n) is 15.5. The van der Waals surface area contributed by atoms with Crippen molar-refractivity contribution in [2.45, 2.75) is 77.8 Å². The zero-order valence-electron chi connectivity index (χ0n) is 26.7. The fourth-order valence-corrected chi connectivity index (χ4v) is 6.53. The highest BCUT2D eigenvalue weighted by atomic mass is 15.5. The molecule has 1 saturated carbocycles. The molecule has 0 amide bonds. The summed E-state index contributed by atoms with van der Waals surface area (Å²) in [6, 6.07) is 16.7. The molecule has 242 valence electrons. The lowest BCUT2D eigenvalue weighted by Crippen LogP contribution is -2.68. The number of nitrogens with zero attached hydrogens (tertiary/aromatic N) is 1. The lowest BCUT2D eigenvalue weighted by molar-refractivity contribution is 0.0896. The van der Waals surface area contributed by atoms with E-state index in [-0.39, 0.29) is 16.9 Å². The predicted molar refractivity (Wildman–Crippen MR) is 179 cm³/mol. The van der Waals surface area contributed by atoms with Crippen molar-refractivity contribution >= 4 is 11.4 Å². The van der Waals surface area contributed by atoms with Gasteiger partial charge in [-0.25, -0.2) is 5.84 Å². The van der Waals surface area contributed by atoms with E-state index in [0.717, 1.165) is 63.0 Å². The molecule has 4 atom stereocenters. The summed E-state index contributed by atoms with van der Waals surface area (Å²) in [4.78, 5) is 0. The maximum Gasteiger partial charge on any atom is 0.0720 e. The fraction of sp³-hybridized carbons (Fsp3) is 0.613. The number of hydrogen-bond acceptors (Lipinski definition) is 12. The minimum absolute atomic E-state index is 0.0827. The number of benzene rings is 2. The van der Waals surface area contributed by atoms with Gasteiger partial charge in [-0.2, -0.15) is 0 Å². The van der Waals surface area contributed by atoms with Crippen molar-refractivity contribution in [2.24, 2.45) is 46.0 Å². The van der Waals surface area contributed by atoms with Crippen LogP contribution in [0.25, 0.3) is 0 Å². The zero-order chi connectivity index (χ0) is 31.5. The van der Waals surface area contributed by atoms with E-state index in [2.05, 4.69) is 96.6 Å². The number of hydrogen-bond donors (Lipinski definition) is 11. The van der Waals surface area contributed by atoms with Crippen molar-refractivity contribution < 1.29 is 0 Å². The summed E-state index contributed by atoms with van der Waals surface area (Å²) in [6.07, 6.45) is 5.55. The molecule has 12 nitrogen and oxygen atoms in total. The fourth-order valence-electron chi connectivity index (χ4n) is 6.53. The summed E-state index contributed by atoms with van der Waals surface area (Å²) in [7, 11) is 0. The lowest BCUT2D eigenvalue weighted by Gasteiger charge is -2.53. The number of hydrazine groups is 6. The third-order valence-electron chi connectivity index (χ3n) is 9.03. The molecule has 1 fully saturated rings. The molecule has 1 aliphatic carbocycles. The predicted octanol–water partition coefficient (Wildman–Crippen LogP) is 1.47. The number of rotatable bonds is 18. The molecule has 0 bridgehead atoms. The molecule has 0 saturated heterocycles. The van der Waals surface area contributed by atoms with Crippen molar-refractivity contribution in [3.8, 4) is 0 Å². The molecular formula is C31H58N12. The van der Waals surface area contributed by atoms with Gasteiger partial charge in [0.15, 0.2) is 0 Å². The van der Waals surface area contributed by atoms with Crippen LogP contribution in [0.3, 0.4) is 0 Å². The number of anilines is 2. The minimum Gasteiger partial charge on any atom is -0.324 e. The number of nitrogen functional groups attached to an aromatic ring is 1. The molecule has 43 heavy (non-hydrogen) atoms. The van der Waals surface area contributed by atoms with Gasteiger partial charge in [0.1, 0.15) is 0 Å². The second-order valence-corrected chi connectivity index (χ2v) is 13.8. The van der Waals surface area contributed by atoms with E-state index in [4.69, 9.17) is 29.2 Å². The Morgan fingerprint density at radius 2 is 1.56 bits per heavy atom. The molecule has 3 rings (SSSR count). The van der Waals surface area contributed by atoms with Crippen molar-refractivity contribution in [2.75, 3.05) is 36.6 Å². The van der Waals surface area contributed by atoms with Crippen LogP contribution in [-0.2, 0) is 6.42 Å². The van der Waals surface area contributed by atoms with Crippen LogP contribution in [-0.4, -0.2) is 37.8 Å². The Bertz CT molecular complexity index is 1080. The lowest BCUT2D eigenvalue weighted by atomic mass is 9.64. The highest BCUT2D eigenvalue weighted by Crippen LogP contribution is 2.44. The summed E-state index contributed by atoms with van der Waals surface area (Å²) in [5.41, 5.74) is 22.3. The van der Waals surface area contributed by atoms with E-state index >= 15 is 0 Å². The Kier molecular flexibility index (Phi) is 13.1. The molecule has 4 unspecified atom stereocenters. The smallest absolute Gasteiger partial charge is 0.0720 e. The zero-order valence-corrected chi connectivity index (χ0v) is 26.7. The van der Waals surface area contributed by atoms with E-state index in [9.17, 15) is 0 Å². The quantitative estimate of drug-likeness (QED) is 0.0670. The van der Waals surface area contributed by atoms with Crippen LogP contribution in [0, 0.1) is 16.7 Å². The first kappa shape index (κ1) is 35.1. The first-order valence-corrected chi connectivity index (χ1v) is 15.5. The van der Waals surface area contributed by atoms with Gasteiger partial charge in [-0.1, -0.05) is 52.0 Å². The Labute approximate surface area is 258 Å². The summed E-state index contributed by atoms with van der Waals surface area (Å²) < 4.78 is 0. The Morgan fingerprint density at radius 1 is 0.907 bits per heavy atom. The molecule has 2 aromatic rings. The van der Waals surface area contributed by atoms with Crippen LogP contribution in [0.15, 0.2) is 48.5 Å². The second kappa shape index (κ2) is 16.1. The summed E-state index contributed by atoms with van der Waals surface area (Å²) in [5.74, 6) is 30.5. The van der Waals surface area contributed by atoms with Crippen molar-refractivity contribution in [1.82, 2.24) is 27.1 Å². The molecule has 0 aromatic heterocycles. The van der Waals surface area contributed by atoms with Gasteiger partial charge in [0.2, 0.25) is 0 Å². The van der Waals surface area contributed by atoms with Gasteiger partial charge in [-0.15, -0.1) is 0 Å². The van der Waals surface area contributed by atoms with Gasteiger partial charge in [0.25, 0.3) is 0 Å². The van der Waals surface area contributed by atoms with Crippen LogP contribution in [0.1, 0.15) is 70.9 Å². The summed E-state index contributed by atoms with van der Waals surface area (Å²) >= 11 is 0. The number of nitrogens with two attached hydrogens (primary N) is 5. The van der Waals surface area contributed by atoms with Gasteiger partial charge in [0.05, 0.1) is 11.2 Å². The van der Waals surface area contributed by atoms with Crippen LogP contribution >= 0.6 is 0 Å². The maximum absolute atomic E-state index is 7.06. The Hall–Kier alpha value is -2.36. The van der Waals surface area contributed by atoms with E-state index in [1.165, 1.54) is 11.1 Å². The molecule has 12 heteroatoms. The average molecular weight is 599 g/mol. The highest BCUT2D eigenvalue weighted by Gasteiger charge is 2.49. The van der Waals surface area contributed by atoms with E-state index in [1.807, 2.05) is 17.1 Å². The molecule has 1 aliphatic rings. The van der Waals surface area contributed by atoms with Crippen LogP contribution < -0.4 is 66.8 Å². The third kappa shape index (κ3) is 10.4. The summed E-state index contributed by atoms with van der Waals surface area (Å²) in [5, 5.41) is 1.94. The Morgan fingerprint density at radius 3 is 2.14 bits per heavy atom. The van der Waals surface area contributed by atoms with Gasteiger partial charge < -0.3 is 10.4 Å². The summed E-state index contributed by atoms with van der Waals surface area (Å²) in [6.45, 7) is 12.0. The molecule has 16 N–H and O–H groups in total. The number of nitrogens with one attached hydrogen (secondary N) is 6. The van der Waals surface area contributed by atoms with Gasteiger partial charge >= 0.3 is 0 Å². The topological polar surface area (TPSA) is 206 Å². The first-order chi connectivity index (χ1) is 20.5. The van der Waals surface area contributed by atoms with Gasteiger partial charge in [0, 0.05) is 37.9 Å². The molecule has 0 heterocycles. The molecular weight excluding hydrogens is 540 g/mol. The average Bonchev–Trinajstić information content (AvgIpc) is 2.98. The maximum atomic E-state index is 7.06. The van der Waals surface area contributed by atoms with Gasteiger partial charge in [-0.05, 0) is 90.7 Å². The molecule has 0 radical (unpaired) electrons. The van der Waals surface area contributed by atoms with Crippen LogP contribution in [0.2, 0.25) is 0 Å². The van der Waals surface area contributed by atoms with Gasteiger partial charge in [-0.3, -0.25) is 50.5 Å². The molecule has 0 spiro atoms. The molecule has 0 aliphatic heterocycles. The SMILES string of the molecule is CC(CCC(C)(C)CNNCC1(N(N)c2ccc(Cc3ccc(NN)cc3)cc2)CC(NN)CC(C)(CNN)C1)CNN. The largest absolute Gasteiger partial charge is 0.324 e. The van der Waals surface area contributed by atoms with Crippen molar-refractivity contribution in [3.05, 3.63) is 59.7 Å². The molecule has 2 aromatic carbocycles. The van der Waals surface area contributed by atoms with Crippen LogP contribution in [0.4, 0.5) is 11.4 Å². The van der Waals surface area contributed by atoms with E-state index < -0.39 is 5.54 Å². The third-order valence-corrected chi connectivity index (χ3v) is 9.03. The minimum atomic E-state index is -0.425. The van der Waals surface area contributed by atoms with E-state index in [1.54, 1.807) is 0 Å². The van der Waals surface area contributed by atoms with E-state index in [0.29, 0.717) is 19.0 Å².